The number of sulfonamides is 1. The number of Topliss-reactive ketones (excluding diaryl/α,β-unsaturated/α-hetero) is 1. The fourth-order valence-corrected chi connectivity index (χ4v) is 6.20. The Balaban J connectivity index is 1.67. The summed E-state index contributed by atoms with van der Waals surface area (Å²) in [6.45, 7) is 12.4. The third kappa shape index (κ3) is 4.49. The van der Waals surface area contributed by atoms with Crippen LogP contribution in [0.4, 0.5) is 0 Å². The number of benzene rings is 1. The van der Waals surface area contributed by atoms with E-state index >= 15 is 0 Å². The largest absolute Gasteiger partial charge is 0.343 e. The van der Waals surface area contributed by atoms with Gasteiger partial charge in [-0.3, -0.25) is 9.69 Å². The molecule has 0 atom stereocenters. The average molecular weight is 452 g/mol. The number of piperazine rings is 1. The fourth-order valence-electron chi connectivity index (χ4n) is 4.29. The summed E-state index contributed by atoms with van der Waals surface area (Å²) in [5.74, 6) is 0.0704. The van der Waals surface area contributed by atoms with E-state index in [0.29, 0.717) is 26.2 Å². The molecule has 1 aliphatic rings. The molecule has 2 aromatic rings. The van der Waals surface area contributed by atoms with E-state index in [9.17, 15) is 13.2 Å². The van der Waals surface area contributed by atoms with Crippen LogP contribution in [0.5, 0.6) is 0 Å². The Morgan fingerprint density at radius 3 is 2.20 bits per heavy atom. The summed E-state index contributed by atoms with van der Waals surface area (Å²) in [6, 6.07) is 8.44. The van der Waals surface area contributed by atoms with Gasteiger partial charge in [-0.1, -0.05) is 23.7 Å². The molecule has 2 heterocycles. The fraction of sp³-hybridized carbons (Fsp3) is 0.500. The predicted molar refractivity (Wildman–Crippen MR) is 120 cm³/mol. The average Bonchev–Trinajstić information content (AvgIpc) is 2.97. The highest BCUT2D eigenvalue weighted by atomic mass is 35.5. The van der Waals surface area contributed by atoms with Crippen LogP contribution in [-0.4, -0.2) is 60.7 Å². The Kier molecular flexibility index (Phi) is 6.49. The number of rotatable bonds is 5. The van der Waals surface area contributed by atoms with Crippen molar-refractivity contribution in [2.24, 2.45) is 0 Å². The Morgan fingerprint density at radius 1 is 1.07 bits per heavy atom. The van der Waals surface area contributed by atoms with Gasteiger partial charge in [-0.15, -0.1) is 0 Å². The van der Waals surface area contributed by atoms with Crippen molar-refractivity contribution in [1.29, 1.82) is 0 Å². The van der Waals surface area contributed by atoms with E-state index in [1.165, 1.54) is 10.4 Å². The molecule has 0 spiro atoms. The number of hydrogen-bond donors (Lipinski definition) is 0. The van der Waals surface area contributed by atoms with E-state index in [-0.39, 0.29) is 27.8 Å². The summed E-state index contributed by atoms with van der Waals surface area (Å²) in [4.78, 5) is 15.1. The normalized spacial score (nSPS) is 16.7. The molecular weight excluding hydrogens is 422 g/mol. The van der Waals surface area contributed by atoms with Crippen LogP contribution in [0, 0.1) is 13.8 Å². The lowest BCUT2D eigenvalue weighted by atomic mass is 10.1. The topological polar surface area (TPSA) is 62.6 Å². The molecule has 6 nitrogen and oxygen atoms in total. The first-order valence-corrected chi connectivity index (χ1v) is 11.9. The first kappa shape index (κ1) is 23.0. The van der Waals surface area contributed by atoms with Gasteiger partial charge in [0.15, 0.2) is 5.78 Å². The van der Waals surface area contributed by atoms with Gasteiger partial charge in [0, 0.05) is 48.7 Å². The van der Waals surface area contributed by atoms with Crippen molar-refractivity contribution < 1.29 is 13.2 Å². The van der Waals surface area contributed by atoms with Gasteiger partial charge in [0.25, 0.3) is 0 Å². The zero-order valence-corrected chi connectivity index (χ0v) is 19.8. The van der Waals surface area contributed by atoms with Gasteiger partial charge in [0.05, 0.1) is 11.6 Å². The van der Waals surface area contributed by atoms with Gasteiger partial charge in [-0.2, -0.15) is 4.31 Å². The Labute approximate surface area is 184 Å². The molecule has 0 aliphatic carbocycles. The summed E-state index contributed by atoms with van der Waals surface area (Å²) < 4.78 is 29.4. The van der Waals surface area contributed by atoms with E-state index < -0.39 is 10.0 Å². The van der Waals surface area contributed by atoms with Crippen molar-refractivity contribution in [1.82, 2.24) is 13.8 Å². The van der Waals surface area contributed by atoms with Crippen molar-refractivity contribution in [2.45, 2.75) is 45.1 Å². The second kappa shape index (κ2) is 8.46. The van der Waals surface area contributed by atoms with E-state index in [4.69, 9.17) is 11.6 Å². The Bertz CT molecular complexity index is 1050. The number of hydrogen-bond acceptors (Lipinski definition) is 4. The van der Waals surface area contributed by atoms with Crippen LogP contribution in [0.1, 0.15) is 42.5 Å². The molecule has 0 bridgehead atoms. The van der Waals surface area contributed by atoms with E-state index in [1.807, 2.05) is 24.8 Å². The molecule has 0 saturated carbocycles. The predicted octanol–water partition coefficient (Wildman–Crippen LogP) is 3.70. The highest BCUT2D eigenvalue weighted by Crippen LogP contribution is 2.26. The molecule has 8 heteroatoms. The molecule has 1 fully saturated rings. The van der Waals surface area contributed by atoms with Crippen LogP contribution >= 0.6 is 11.6 Å². The van der Waals surface area contributed by atoms with Crippen molar-refractivity contribution in [3.05, 3.63) is 52.3 Å². The van der Waals surface area contributed by atoms with Crippen molar-refractivity contribution in [2.75, 3.05) is 32.7 Å². The summed E-state index contributed by atoms with van der Waals surface area (Å²) in [7, 11) is -3.64. The van der Waals surface area contributed by atoms with Crippen molar-refractivity contribution >= 4 is 27.4 Å². The van der Waals surface area contributed by atoms with E-state index in [0.717, 1.165) is 17.0 Å². The molecule has 164 valence electrons. The van der Waals surface area contributed by atoms with Crippen LogP contribution in [0.3, 0.4) is 0 Å². The minimum absolute atomic E-state index is 0.0704. The van der Waals surface area contributed by atoms with Gasteiger partial charge in [0.1, 0.15) is 4.90 Å². The number of halogens is 1. The van der Waals surface area contributed by atoms with Crippen LogP contribution in [0.15, 0.2) is 35.2 Å². The highest BCUT2D eigenvalue weighted by Gasteiger charge is 2.31. The lowest BCUT2D eigenvalue weighted by molar-refractivity contribution is 0.0901. The Morgan fingerprint density at radius 2 is 1.67 bits per heavy atom. The van der Waals surface area contributed by atoms with Crippen LogP contribution in [0.2, 0.25) is 5.02 Å². The molecule has 3 rings (SSSR count). The van der Waals surface area contributed by atoms with Gasteiger partial charge in [-0.25, -0.2) is 8.42 Å². The van der Waals surface area contributed by atoms with Crippen LogP contribution < -0.4 is 0 Å². The third-order valence-electron chi connectivity index (χ3n) is 5.56. The second-order valence-corrected chi connectivity index (χ2v) is 11.1. The molecule has 0 unspecified atom stereocenters. The second-order valence-electron chi connectivity index (χ2n) is 8.82. The van der Waals surface area contributed by atoms with Crippen LogP contribution in [0.25, 0.3) is 0 Å². The van der Waals surface area contributed by atoms with Gasteiger partial charge < -0.3 is 4.57 Å². The first-order chi connectivity index (χ1) is 13.9. The molecule has 30 heavy (non-hydrogen) atoms. The number of carbonyl (C=O) groups excluding carboxylic acids is 1. The first-order valence-electron chi connectivity index (χ1n) is 10.1. The van der Waals surface area contributed by atoms with Crippen LogP contribution in [-0.2, 0) is 15.6 Å². The standard InChI is InChI=1S/C22H30ClN3O3S/c1-16-14-18(17(2)26(16)22(3,4)5)20(27)15-24-10-12-25(13-11-24)30(28,29)21-9-7-6-8-19(21)23/h6-9,14H,10-13,15H2,1-5H3. The van der Waals surface area contributed by atoms with E-state index in [2.05, 4.69) is 25.3 Å². The van der Waals surface area contributed by atoms with E-state index in [1.54, 1.807) is 18.2 Å². The summed E-state index contributed by atoms with van der Waals surface area (Å²) >= 11 is 6.09. The zero-order valence-electron chi connectivity index (χ0n) is 18.3. The molecule has 1 aromatic heterocycles. The number of aromatic nitrogens is 1. The smallest absolute Gasteiger partial charge is 0.244 e. The monoisotopic (exact) mass is 451 g/mol. The molecule has 1 aliphatic heterocycles. The van der Waals surface area contributed by atoms with Gasteiger partial charge in [0.2, 0.25) is 10.0 Å². The summed E-state index contributed by atoms with van der Waals surface area (Å²) in [5.41, 5.74) is 2.70. The molecule has 1 aromatic carbocycles. The number of nitrogens with zero attached hydrogens (tertiary/aromatic N) is 3. The maximum absolute atomic E-state index is 13.0. The number of carbonyl (C=O) groups is 1. The Hall–Kier alpha value is -1.67. The summed E-state index contributed by atoms with van der Waals surface area (Å²) in [5, 5.41) is 0.226. The lowest BCUT2D eigenvalue weighted by Crippen LogP contribution is -2.49. The van der Waals surface area contributed by atoms with Gasteiger partial charge in [-0.05, 0) is 52.8 Å². The number of aryl methyl sites for hydroxylation is 1. The van der Waals surface area contributed by atoms with Gasteiger partial charge >= 0.3 is 0 Å². The minimum atomic E-state index is -3.64. The maximum Gasteiger partial charge on any atom is 0.244 e. The molecular formula is C22H30ClN3O3S. The summed E-state index contributed by atoms with van der Waals surface area (Å²) in [6.07, 6.45) is 0. The molecule has 0 radical (unpaired) electrons. The minimum Gasteiger partial charge on any atom is -0.343 e. The maximum atomic E-state index is 13.0. The quantitative estimate of drug-likeness (QED) is 0.650. The number of ketones is 1. The van der Waals surface area contributed by atoms with Crippen molar-refractivity contribution in [3.63, 3.8) is 0 Å². The molecule has 0 amide bonds. The van der Waals surface area contributed by atoms with Crippen molar-refractivity contribution in [3.8, 4) is 0 Å². The zero-order chi connectivity index (χ0) is 22.3. The third-order valence-corrected chi connectivity index (χ3v) is 7.95. The SMILES string of the molecule is Cc1cc(C(=O)CN2CCN(S(=O)(=O)c3ccccc3Cl)CC2)c(C)n1C(C)(C)C. The highest BCUT2D eigenvalue weighted by molar-refractivity contribution is 7.89. The lowest BCUT2D eigenvalue weighted by Gasteiger charge is -2.33. The molecule has 1 saturated heterocycles. The molecule has 0 N–H and O–H groups in total.